The van der Waals surface area contributed by atoms with E-state index in [9.17, 15) is 28.2 Å². The number of aromatic nitrogens is 3. The Labute approximate surface area is 226 Å². The summed E-state index contributed by atoms with van der Waals surface area (Å²) >= 11 is 0. The van der Waals surface area contributed by atoms with Crippen LogP contribution < -0.4 is 10.6 Å². The van der Waals surface area contributed by atoms with Crippen molar-refractivity contribution >= 4 is 11.7 Å². The van der Waals surface area contributed by atoms with Gasteiger partial charge < -0.3 is 30.5 Å². The number of aliphatic hydroxyl groups excluding tert-OH is 1. The fourth-order valence-corrected chi connectivity index (χ4v) is 4.50. The lowest BCUT2D eigenvalue weighted by Crippen LogP contribution is -2.46. The second-order valence-corrected chi connectivity index (χ2v) is 9.65. The Morgan fingerprint density at radius 1 is 1.26 bits per heavy atom. The number of anilines is 1. The minimum absolute atomic E-state index is 0.178. The van der Waals surface area contributed by atoms with Crippen LogP contribution in [-0.4, -0.2) is 87.5 Å². The van der Waals surface area contributed by atoms with Gasteiger partial charge in [-0.05, 0) is 63.6 Å². The number of hydrogen-bond donors (Lipinski definition) is 4. The fraction of sp³-hybridized carbons (Fsp3) is 0.654. The summed E-state index contributed by atoms with van der Waals surface area (Å²) in [4.78, 5) is 19.5. The minimum Gasteiger partial charge on any atom is -0.380 e. The van der Waals surface area contributed by atoms with Gasteiger partial charge in [0.1, 0.15) is 11.5 Å². The molecule has 218 valence electrons. The van der Waals surface area contributed by atoms with Gasteiger partial charge in [0.05, 0.1) is 12.6 Å². The molecule has 0 saturated carbocycles. The summed E-state index contributed by atoms with van der Waals surface area (Å²) in [7, 11) is 1.22. The Morgan fingerprint density at radius 2 is 2.05 bits per heavy atom. The Balaban J connectivity index is 1.52. The number of aryl methyl sites for hydroxylation is 3. The zero-order valence-corrected chi connectivity index (χ0v) is 22.5. The van der Waals surface area contributed by atoms with Crippen molar-refractivity contribution in [2.24, 2.45) is 7.05 Å². The second kappa shape index (κ2) is 14.6. The highest BCUT2D eigenvalue weighted by Gasteiger charge is 2.35. The topological polar surface area (TPSA) is 125 Å². The van der Waals surface area contributed by atoms with Crippen molar-refractivity contribution in [2.45, 2.75) is 64.0 Å². The summed E-state index contributed by atoms with van der Waals surface area (Å²) in [5.41, 5.74) is 0.774. The number of nitrogens with one attached hydrogen (secondary N) is 2. The Hall–Kier alpha value is -2.74. The molecule has 1 aliphatic rings. The first-order valence-corrected chi connectivity index (χ1v) is 13.4. The summed E-state index contributed by atoms with van der Waals surface area (Å²) in [6.45, 7) is 5.70. The fourth-order valence-electron chi connectivity index (χ4n) is 4.50. The predicted molar refractivity (Wildman–Crippen MR) is 139 cm³/mol. The van der Waals surface area contributed by atoms with Crippen LogP contribution in [0.4, 0.5) is 19.0 Å². The predicted octanol–water partition coefficient (Wildman–Crippen LogP) is 2.35. The van der Waals surface area contributed by atoms with Gasteiger partial charge >= 0.3 is 6.18 Å². The Kier molecular flexibility index (Phi) is 11.5. The van der Waals surface area contributed by atoms with Crippen LogP contribution >= 0.6 is 0 Å². The monoisotopic (exact) mass is 556 g/mol. The third-order valence-electron chi connectivity index (χ3n) is 6.70. The van der Waals surface area contributed by atoms with Gasteiger partial charge in [0.25, 0.3) is 5.91 Å². The number of carbonyl (C=O) groups excluding carboxylic acids is 1. The standard InChI is InChI=1S/C26H39F3N6O4/c1-3-39-16-15-35(13-5-4-8-19-10-9-18-7-6-12-30-23(18)31-19)14-11-20(25(37)38)32-24(36)21-17-22(26(27,28)29)33-34(21)2/h9-10,17,20,25,37-38H,3-8,11-16H2,1-2H3,(H,30,31)(H,32,36)/t20-/m0/s1. The molecule has 0 radical (unpaired) electrons. The molecule has 4 N–H and O–H groups in total. The summed E-state index contributed by atoms with van der Waals surface area (Å²) in [5.74, 6) is 0.111. The summed E-state index contributed by atoms with van der Waals surface area (Å²) in [6, 6.07) is 3.78. The normalized spacial score (nSPS) is 14.4. The molecule has 2 aromatic rings. The lowest BCUT2D eigenvalue weighted by molar-refractivity contribution is -0.141. The number of carbonyl (C=O) groups is 1. The third-order valence-corrected chi connectivity index (χ3v) is 6.70. The highest BCUT2D eigenvalue weighted by atomic mass is 19.4. The summed E-state index contributed by atoms with van der Waals surface area (Å²) < 4.78 is 45.2. The van der Waals surface area contributed by atoms with E-state index < -0.39 is 30.1 Å². The maximum atomic E-state index is 13.0. The average molecular weight is 557 g/mol. The molecule has 3 heterocycles. The molecule has 0 aliphatic carbocycles. The largest absolute Gasteiger partial charge is 0.435 e. The SMILES string of the molecule is CCOCCN(CCCCc1ccc2c(n1)NCCC2)CC[C@H](NC(=O)c1cc(C(F)(F)F)nn1C)C(O)O. The Bertz CT molecular complexity index is 1060. The first-order valence-electron chi connectivity index (χ1n) is 13.4. The lowest BCUT2D eigenvalue weighted by atomic mass is 10.1. The molecule has 0 spiro atoms. The van der Waals surface area contributed by atoms with Gasteiger partial charge in [-0.2, -0.15) is 18.3 Å². The number of alkyl halides is 3. The highest BCUT2D eigenvalue weighted by molar-refractivity contribution is 5.92. The van der Waals surface area contributed by atoms with Crippen molar-refractivity contribution in [1.82, 2.24) is 25.0 Å². The van der Waals surface area contributed by atoms with E-state index >= 15 is 0 Å². The molecule has 13 heteroatoms. The van der Waals surface area contributed by atoms with Gasteiger partial charge in [0.15, 0.2) is 12.0 Å². The number of rotatable bonds is 15. The molecule has 39 heavy (non-hydrogen) atoms. The van der Waals surface area contributed by atoms with Gasteiger partial charge in [-0.15, -0.1) is 0 Å². The maximum Gasteiger partial charge on any atom is 0.435 e. The molecular formula is C26H39F3N6O4. The van der Waals surface area contributed by atoms with Crippen molar-refractivity contribution < 1.29 is 32.9 Å². The van der Waals surface area contributed by atoms with Crippen LogP contribution in [-0.2, 0) is 30.8 Å². The molecule has 3 rings (SSSR count). The number of hydrogen-bond acceptors (Lipinski definition) is 8. The van der Waals surface area contributed by atoms with Crippen molar-refractivity contribution in [1.29, 1.82) is 0 Å². The van der Waals surface area contributed by atoms with Crippen LogP contribution in [0.2, 0.25) is 0 Å². The summed E-state index contributed by atoms with van der Waals surface area (Å²) in [5, 5.41) is 28.8. The zero-order valence-electron chi connectivity index (χ0n) is 22.5. The average Bonchev–Trinajstić information content (AvgIpc) is 3.30. The lowest BCUT2D eigenvalue weighted by Gasteiger charge is -2.26. The number of aliphatic hydroxyl groups is 2. The van der Waals surface area contributed by atoms with Crippen molar-refractivity contribution in [3.8, 4) is 0 Å². The number of unbranched alkanes of at least 4 members (excludes halogenated alkanes) is 1. The molecule has 10 nitrogen and oxygen atoms in total. The van der Waals surface area contributed by atoms with E-state index in [2.05, 4.69) is 32.8 Å². The smallest absolute Gasteiger partial charge is 0.380 e. The van der Waals surface area contributed by atoms with Gasteiger partial charge in [-0.25, -0.2) is 4.98 Å². The van der Waals surface area contributed by atoms with E-state index in [1.54, 1.807) is 0 Å². The van der Waals surface area contributed by atoms with E-state index in [0.717, 1.165) is 61.4 Å². The first-order chi connectivity index (χ1) is 18.6. The van der Waals surface area contributed by atoms with Crippen LogP contribution in [0.3, 0.4) is 0 Å². The van der Waals surface area contributed by atoms with Crippen molar-refractivity contribution in [3.05, 3.63) is 40.8 Å². The van der Waals surface area contributed by atoms with E-state index in [-0.39, 0.29) is 12.1 Å². The quantitative estimate of drug-likeness (QED) is 0.195. The maximum absolute atomic E-state index is 13.0. The third kappa shape index (κ3) is 9.45. The van der Waals surface area contributed by atoms with Gasteiger partial charge in [0, 0.05) is 45.0 Å². The Morgan fingerprint density at radius 3 is 2.74 bits per heavy atom. The van der Waals surface area contributed by atoms with Crippen LogP contribution in [0, 0.1) is 0 Å². The second-order valence-electron chi connectivity index (χ2n) is 9.65. The summed E-state index contributed by atoms with van der Waals surface area (Å²) in [6.07, 6.45) is -1.60. The van der Waals surface area contributed by atoms with Crippen LogP contribution in [0.5, 0.6) is 0 Å². The van der Waals surface area contributed by atoms with Gasteiger partial charge in [0.2, 0.25) is 0 Å². The van der Waals surface area contributed by atoms with Crippen molar-refractivity contribution in [3.63, 3.8) is 0 Å². The number of halogens is 3. The number of amides is 1. The number of pyridine rings is 1. The van der Waals surface area contributed by atoms with E-state index in [4.69, 9.17) is 9.72 Å². The van der Waals surface area contributed by atoms with Gasteiger partial charge in [-0.3, -0.25) is 9.48 Å². The molecule has 0 fully saturated rings. The van der Waals surface area contributed by atoms with Crippen molar-refractivity contribution in [2.75, 3.05) is 44.7 Å². The van der Waals surface area contributed by atoms with E-state index in [1.165, 1.54) is 12.6 Å². The van der Waals surface area contributed by atoms with E-state index in [0.29, 0.717) is 32.4 Å². The van der Waals surface area contributed by atoms with E-state index in [1.807, 2.05) is 6.92 Å². The zero-order chi connectivity index (χ0) is 28.4. The van der Waals surface area contributed by atoms with Crippen LogP contribution in [0.25, 0.3) is 0 Å². The molecule has 0 aromatic carbocycles. The highest BCUT2D eigenvalue weighted by Crippen LogP contribution is 2.28. The molecule has 0 bridgehead atoms. The van der Waals surface area contributed by atoms with Crippen LogP contribution in [0.15, 0.2) is 18.2 Å². The first kappa shape index (κ1) is 30.8. The molecule has 0 unspecified atom stereocenters. The molecule has 2 aromatic heterocycles. The molecule has 1 amide bonds. The van der Waals surface area contributed by atoms with Crippen LogP contribution in [0.1, 0.15) is 60.0 Å². The molecular weight excluding hydrogens is 517 g/mol. The molecule has 1 atom stereocenters. The minimum atomic E-state index is -4.69. The number of nitrogens with zero attached hydrogens (tertiary/aromatic N) is 4. The number of fused-ring (bicyclic) bond motifs is 1. The molecule has 1 aliphatic heterocycles. The van der Waals surface area contributed by atoms with Gasteiger partial charge in [-0.1, -0.05) is 6.07 Å². The number of ether oxygens (including phenoxy) is 1. The molecule has 0 saturated heterocycles.